The van der Waals surface area contributed by atoms with Crippen molar-refractivity contribution >= 4 is 5.97 Å². The van der Waals surface area contributed by atoms with Gasteiger partial charge in [0.05, 0.1) is 38.7 Å². The first-order chi connectivity index (χ1) is 15.0. The molecule has 3 rings (SSSR count). The number of pyridine rings is 1. The monoisotopic (exact) mass is 431 g/mol. The van der Waals surface area contributed by atoms with Crippen molar-refractivity contribution in [2.45, 2.75) is 25.8 Å². The molecule has 0 spiro atoms. The number of hydrogen-bond acceptors (Lipinski definition) is 7. The van der Waals surface area contributed by atoms with Crippen molar-refractivity contribution in [3.63, 3.8) is 0 Å². The number of benzene rings is 1. The normalized spacial score (nSPS) is 14.5. The highest BCUT2D eigenvalue weighted by Crippen LogP contribution is 2.41. The van der Waals surface area contributed by atoms with Crippen molar-refractivity contribution in [1.29, 1.82) is 0 Å². The zero-order valence-electron chi connectivity index (χ0n) is 18.4. The Morgan fingerprint density at radius 2 is 1.90 bits per heavy atom. The van der Waals surface area contributed by atoms with Crippen LogP contribution in [0.3, 0.4) is 0 Å². The maximum Gasteiger partial charge on any atom is 0.343 e. The minimum atomic E-state index is -0.623. The van der Waals surface area contributed by atoms with Gasteiger partial charge in [0.25, 0.3) is 0 Å². The third-order valence-electron chi connectivity index (χ3n) is 5.20. The summed E-state index contributed by atoms with van der Waals surface area (Å²) >= 11 is 0. The predicted octanol–water partition coefficient (Wildman–Crippen LogP) is 2.86. The molecule has 0 bridgehead atoms. The predicted molar refractivity (Wildman–Crippen MR) is 115 cm³/mol. The van der Waals surface area contributed by atoms with Crippen LogP contribution in [0.1, 0.15) is 35.3 Å². The van der Waals surface area contributed by atoms with E-state index < -0.39 is 5.97 Å². The Bertz CT molecular complexity index is 983. The fraction of sp³-hybridized carbons (Fsp3) is 0.478. The molecule has 0 saturated heterocycles. The summed E-state index contributed by atoms with van der Waals surface area (Å²) in [6, 6.07) is 5.22. The van der Waals surface area contributed by atoms with Crippen LogP contribution in [0.4, 0.5) is 0 Å². The number of carbonyl (C=O) groups is 1. The highest BCUT2D eigenvalue weighted by molar-refractivity contribution is 5.89. The Hall–Kier alpha value is -2.84. The molecule has 2 aromatic rings. The second-order valence-electron chi connectivity index (χ2n) is 7.23. The first-order valence-corrected chi connectivity index (χ1v) is 10.3. The molecule has 1 aromatic carbocycles. The van der Waals surface area contributed by atoms with Gasteiger partial charge in [-0.05, 0) is 31.0 Å². The molecule has 8 heteroatoms. The van der Waals surface area contributed by atoms with Gasteiger partial charge < -0.3 is 28.3 Å². The molecule has 0 aliphatic carbocycles. The van der Waals surface area contributed by atoms with E-state index >= 15 is 0 Å². The zero-order valence-corrected chi connectivity index (χ0v) is 18.4. The number of carbonyl (C=O) groups excluding carboxylic acids is 1. The molecule has 1 unspecified atom stereocenters. The van der Waals surface area contributed by atoms with Crippen LogP contribution in [-0.4, -0.2) is 58.3 Å². The van der Waals surface area contributed by atoms with E-state index in [4.69, 9.17) is 23.7 Å². The molecule has 0 amide bonds. The van der Waals surface area contributed by atoms with Gasteiger partial charge in [-0.1, -0.05) is 0 Å². The molecule has 0 N–H and O–H groups in total. The van der Waals surface area contributed by atoms with Crippen molar-refractivity contribution in [1.82, 2.24) is 4.57 Å². The summed E-state index contributed by atoms with van der Waals surface area (Å²) in [5, 5.41) is 0. The average molecular weight is 431 g/mol. The summed E-state index contributed by atoms with van der Waals surface area (Å²) in [6.45, 7) is 3.45. The van der Waals surface area contributed by atoms with Crippen LogP contribution in [0.2, 0.25) is 0 Å². The topological polar surface area (TPSA) is 85.2 Å². The van der Waals surface area contributed by atoms with E-state index in [0.717, 1.165) is 17.5 Å². The number of ether oxygens (including phenoxy) is 5. The van der Waals surface area contributed by atoms with Crippen molar-refractivity contribution in [2.75, 3.05) is 47.8 Å². The highest BCUT2D eigenvalue weighted by Gasteiger charge is 2.28. The van der Waals surface area contributed by atoms with Crippen molar-refractivity contribution in [3.05, 3.63) is 45.7 Å². The Kier molecular flexibility index (Phi) is 7.70. The summed E-state index contributed by atoms with van der Waals surface area (Å²) in [6.07, 6.45) is 2.99. The molecule has 1 atom stereocenters. The lowest BCUT2D eigenvalue weighted by Gasteiger charge is -2.31. The summed E-state index contributed by atoms with van der Waals surface area (Å²) < 4.78 is 28.9. The molecule has 0 saturated carbocycles. The lowest BCUT2D eigenvalue weighted by molar-refractivity contribution is 0.0523. The maximum absolute atomic E-state index is 12.7. The number of methoxy groups -OCH3 is 3. The summed E-state index contributed by atoms with van der Waals surface area (Å²) in [5.74, 6) is 0.601. The summed E-state index contributed by atoms with van der Waals surface area (Å²) in [5.41, 5.74) is 2.22. The van der Waals surface area contributed by atoms with Gasteiger partial charge in [-0.15, -0.1) is 0 Å². The van der Waals surface area contributed by atoms with Crippen molar-refractivity contribution in [2.24, 2.45) is 0 Å². The van der Waals surface area contributed by atoms with Crippen LogP contribution in [0.5, 0.6) is 11.5 Å². The zero-order chi connectivity index (χ0) is 22.4. The SMILES string of the molecule is CCOC(=O)c1cn2c(cc1=O)-c1cc(OC)c(OCCCOC)cc1CC2COC. The van der Waals surface area contributed by atoms with Crippen LogP contribution < -0.4 is 14.9 Å². The third-order valence-corrected chi connectivity index (χ3v) is 5.20. The van der Waals surface area contributed by atoms with Gasteiger partial charge >= 0.3 is 5.97 Å². The van der Waals surface area contributed by atoms with Gasteiger partial charge in [-0.3, -0.25) is 4.79 Å². The molecular formula is C23H29NO7. The smallest absolute Gasteiger partial charge is 0.343 e. The lowest BCUT2D eigenvalue weighted by Crippen LogP contribution is -2.28. The highest BCUT2D eigenvalue weighted by atomic mass is 16.5. The van der Waals surface area contributed by atoms with Gasteiger partial charge in [0.2, 0.25) is 0 Å². The van der Waals surface area contributed by atoms with Crippen LogP contribution in [0, 0.1) is 0 Å². The largest absolute Gasteiger partial charge is 0.493 e. The van der Waals surface area contributed by atoms with Crippen LogP contribution in [0.15, 0.2) is 29.2 Å². The third kappa shape index (κ3) is 4.91. The molecular weight excluding hydrogens is 402 g/mol. The Morgan fingerprint density at radius 3 is 2.58 bits per heavy atom. The summed E-state index contributed by atoms with van der Waals surface area (Å²) in [4.78, 5) is 24.9. The number of nitrogens with zero attached hydrogens (tertiary/aromatic N) is 1. The molecule has 2 heterocycles. The quantitative estimate of drug-likeness (QED) is 0.422. The second kappa shape index (κ2) is 10.5. The molecule has 0 fully saturated rings. The number of rotatable bonds is 10. The minimum Gasteiger partial charge on any atom is -0.493 e. The number of hydrogen-bond donors (Lipinski definition) is 0. The maximum atomic E-state index is 12.7. The Labute approximate surface area is 181 Å². The molecule has 8 nitrogen and oxygen atoms in total. The van der Waals surface area contributed by atoms with E-state index in [2.05, 4.69) is 0 Å². The van der Waals surface area contributed by atoms with Gasteiger partial charge in [0.1, 0.15) is 5.56 Å². The van der Waals surface area contributed by atoms with Crippen LogP contribution in [0.25, 0.3) is 11.3 Å². The molecule has 0 radical (unpaired) electrons. The van der Waals surface area contributed by atoms with Crippen molar-refractivity contribution in [3.8, 4) is 22.8 Å². The Morgan fingerprint density at radius 1 is 1.10 bits per heavy atom. The van der Waals surface area contributed by atoms with Crippen LogP contribution in [-0.2, 0) is 20.6 Å². The average Bonchev–Trinajstić information content (AvgIpc) is 2.76. The summed E-state index contributed by atoms with van der Waals surface area (Å²) in [7, 11) is 4.86. The molecule has 1 aliphatic heterocycles. The molecule has 1 aliphatic rings. The van der Waals surface area contributed by atoms with E-state index in [-0.39, 0.29) is 23.6 Å². The molecule has 31 heavy (non-hydrogen) atoms. The first kappa shape index (κ1) is 22.8. The van der Waals surface area contributed by atoms with Gasteiger partial charge in [0, 0.05) is 45.1 Å². The van der Waals surface area contributed by atoms with E-state index in [1.165, 1.54) is 6.07 Å². The minimum absolute atomic E-state index is 0.0141. The fourth-order valence-corrected chi connectivity index (χ4v) is 3.78. The molecule has 168 valence electrons. The van der Waals surface area contributed by atoms with Crippen LogP contribution >= 0.6 is 0 Å². The van der Waals surface area contributed by atoms with E-state index in [9.17, 15) is 9.59 Å². The van der Waals surface area contributed by atoms with E-state index in [1.807, 2.05) is 16.7 Å². The number of fused-ring (bicyclic) bond motifs is 3. The number of aromatic nitrogens is 1. The van der Waals surface area contributed by atoms with Gasteiger partial charge in [-0.2, -0.15) is 0 Å². The molecule has 1 aromatic heterocycles. The second-order valence-corrected chi connectivity index (χ2v) is 7.23. The fourth-order valence-electron chi connectivity index (χ4n) is 3.78. The number of esters is 1. The first-order valence-electron chi connectivity index (χ1n) is 10.3. The Balaban J connectivity index is 2.06. The lowest BCUT2D eigenvalue weighted by atomic mass is 9.91. The van der Waals surface area contributed by atoms with Crippen molar-refractivity contribution < 1.29 is 28.5 Å². The van der Waals surface area contributed by atoms with Gasteiger partial charge in [0.15, 0.2) is 16.9 Å². The van der Waals surface area contributed by atoms with E-state index in [0.29, 0.717) is 43.4 Å². The van der Waals surface area contributed by atoms with E-state index in [1.54, 1.807) is 34.4 Å². The van der Waals surface area contributed by atoms with Gasteiger partial charge in [-0.25, -0.2) is 4.79 Å². The standard InChI is InChI=1S/C23H29NO7/c1-5-30-23(26)18-13-24-16(14-28-3)9-15-10-22(31-8-6-7-27-2)21(29-4)11-17(15)19(24)12-20(18)25/h10-13,16H,5-9,14H2,1-4H3.